The van der Waals surface area contributed by atoms with Crippen molar-refractivity contribution < 1.29 is 9.90 Å². The van der Waals surface area contributed by atoms with Crippen LogP contribution in [-0.4, -0.2) is 21.0 Å². The zero-order valence-corrected chi connectivity index (χ0v) is 13.1. The van der Waals surface area contributed by atoms with E-state index in [1.165, 1.54) is 0 Å². The number of aromatic nitrogens is 2. The smallest absolute Gasteiger partial charge is 0.303 e. The topological polar surface area (TPSA) is 63.1 Å². The molecule has 0 spiro atoms. The van der Waals surface area contributed by atoms with Crippen LogP contribution in [0.2, 0.25) is 0 Å². The molecule has 1 aromatic heterocycles. The Kier molecular flexibility index (Phi) is 5.64. The Labute approximate surface area is 131 Å². The van der Waals surface area contributed by atoms with Crippen molar-refractivity contribution in [2.45, 2.75) is 45.4 Å². The van der Waals surface area contributed by atoms with Crippen LogP contribution in [0.3, 0.4) is 0 Å². The normalized spacial score (nSPS) is 12.1. The quantitative estimate of drug-likeness (QED) is 0.837. The van der Waals surface area contributed by atoms with Crippen molar-refractivity contribution in [2.24, 2.45) is 0 Å². The number of nitrogens with zero attached hydrogens (tertiary/aromatic N) is 2. The molecule has 0 saturated carbocycles. The predicted molar refractivity (Wildman–Crippen MR) is 86.7 cm³/mol. The number of carboxylic acids is 1. The third kappa shape index (κ3) is 4.38. The first kappa shape index (κ1) is 16.1. The van der Waals surface area contributed by atoms with E-state index in [0.29, 0.717) is 5.82 Å². The summed E-state index contributed by atoms with van der Waals surface area (Å²) in [5.74, 6) is -0.0656. The second kappa shape index (κ2) is 7.69. The first-order chi connectivity index (χ1) is 10.6. The fourth-order valence-corrected chi connectivity index (χ4v) is 2.35. The Morgan fingerprint density at radius 3 is 2.36 bits per heavy atom. The minimum atomic E-state index is -0.775. The lowest BCUT2D eigenvalue weighted by atomic mass is 9.97. The molecule has 1 N–H and O–H groups in total. The minimum Gasteiger partial charge on any atom is -0.481 e. The van der Waals surface area contributed by atoms with Crippen LogP contribution in [0.15, 0.2) is 36.7 Å². The van der Waals surface area contributed by atoms with Gasteiger partial charge in [0, 0.05) is 18.0 Å². The highest BCUT2D eigenvalue weighted by Gasteiger charge is 2.10. The van der Waals surface area contributed by atoms with Crippen LogP contribution in [0.1, 0.15) is 50.2 Å². The molecule has 0 fully saturated rings. The third-order valence-electron chi connectivity index (χ3n) is 3.74. The van der Waals surface area contributed by atoms with E-state index < -0.39 is 5.97 Å². The molecule has 0 aliphatic heterocycles. The average molecular weight is 298 g/mol. The van der Waals surface area contributed by atoms with Crippen molar-refractivity contribution in [1.29, 1.82) is 0 Å². The number of hydrogen-bond donors (Lipinski definition) is 1. The van der Waals surface area contributed by atoms with Crippen molar-refractivity contribution in [3.8, 4) is 11.4 Å². The molecular weight excluding hydrogens is 276 g/mol. The van der Waals surface area contributed by atoms with Gasteiger partial charge in [-0.3, -0.25) is 4.79 Å². The summed E-state index contributed by atoms with van der Waals surface area (Å²) in [5, 5.41) is 8.85. The van der Waals surface area contributed by atoms with E-state index in [-0.39, 0.29) is 12.3 Å². The maximum absolute atomic E-state index is 10.8. The highest BCUT2D eigenvalue weighted by molar-refractivity contribution is 5.68. The Morgan fingerprint density at radius 2 is 1.82 bits per heavy atom. The monoisotopic (exact) mass is 298 g/mol. The van der Waals surface area contributed by atoms with E-state index in [1.54, 1.807) is 0 Å². The summed E-state index contributed by atoms with van der Waals surface area (Å²) < 4.78 is 0. The number of unbranched alkanes of at least 4 members (excludes halogenated alkanes) is 1. The van der Waals surface area contributed by atoms with Gasteiger partial charge in [-0.15, -0.1) is 0 Å². The summed E-state index contributed by atoms with van der Waals surface area (Å²) in [6.07, 6.45) is 7.25. The molecule has 0 aliphatic carbocycles. The van der Waals surface area contributed by atoms with E-state index >= 15 is 0 Å². The van der Waals surface area contributed by atoms with Crippen LogP contribution >= 0.6 is 0 Å². The fraction of sp³-hybridized carbons (Fsp3) is 0.389. The van der Waals surface area contributed by atoms with Crippen LogP contribution in [0.25, 0.3) is 11.4 Å². The molecule has 0 aliphatic rings. The SMILES string of the molecule is CCCCc1cnc(-c2ccc(C(C)CC(=O)O)cc2)nc1. The van der Waals surface area contributed by atoms with Crippen molar-refractivity contribution in [2.75, 3.05) is 0 Å². The van der Waals surface area contributed by atoms with Crippen molar-refractivity contribution in [3.63, 3.8) is 0 Å². The summed E-state index contributed by atoms with van der Waals surface area (Å²) in [5.41, 5.74) is 3.14. The summed E-state index contributed by atoms with van der Waals surface area (Å²) in [6, 6.07) is 7.82. The van der Waals surface area contributed by atoms with Gasteiger partial charge in [0.25, 0.3) is 0 Å². The maximum atomic E-state index is 10.8. The lowest BCUT2D eigenvalue weighted by Crippen LogP contribution is -2.02. The molecule has 2 aromatic rings. The van der Waals surface area contributed by atoms with Gasteiger partial charge < -0.3 is 5.11 Å². The zero-order chi connectivity index (χ0) is 15.9. The largest absolute Gasteiger partial charge is 0.481 e. The van der Waals surface area contributed by atoms with E-state index in [2.05, 4.69) is 16.9 Å². The standard InChI is InChI=1S/C18H22N2O2/c1-3-4-5-14-11-19-18(20-12-14)16-8-6-15(7-9-16)13(2)10-17(21)22/h6-9,11-13H,3-5,10H2,1-2H3,(H,21,22). The van der Waals surface area contributed by atoms with E-state index in [4.69, 9.17) is 5.11 Å². The summed E-state index contributed by atoms with van der Waals surface area (Å²) in [6.45, 7) is 4.09. The molecule has 1 atom stereocenters. The number of carboxylic acid groups (broad SMARTS) is 1. The second-order valence-electron chi connectivity index (χ2n) is 5.64. The molecule has 4 heteroatoms. The number of hydrogen-bond acceptors (Lipinski definition) is 3. The van der Waals surface area contributed by atoms with E-state index in [0.717, 1.165) is 36.0 Å². The summed E-state index contributed by atoms with van der Waals surface area (Å²) in [4.78, 5) is 19.6. The van der Waals surface area contributed by atoms with Crippen LogP contribution in [0.4, 0.5) is 0 Å². The first-order valence-electron chi connectivity index (χ1n) is 7.73. The van der Waals surface area contributed by atoms with Crippen LogP contribution < -0.4 is 0 Å². The molecule has 0 bridgehead atoms. The van der Waals surface area contributed by atoms with E-state index in [1.807, 2.05) is 43.6 Å². The van der Waals surface area contributed by atoms with Gasteiger partial charge in [0.1, 0.15) is 0 Å². The second-order valence-corrected chi connectivity index (χ2v) is 5.64. The molecule has 1 unspecified atom stereocenters. The predicted octanol–water partition coefficient (Wildman–Crippen LogP) is 4.06. The molecule has 0 saturated heterocycles. The van der Waals surface area contributed by atoms with Gasteiger partial charge in [-0.1, -0.05) is 44.5 Å². The van der Waals surface area contributed by atoms with Gasteiger partial charge in [-0.05, 0) is 29.9 Å². The first-order valence-corrected chi connectivity index (χ1v) is 7.73. The van der Waals surface area contributed by atoms with Gasteiger partial charge in [0.15, 0.2) is 5.82 Å². The molecule has 1 aromatic carbocycles. The maximum Gasteiger partial charge on any atom is 0.303 e. The molecule has 0 amide bonds. The number of aryl methyl sites for hydroxylation is 1. The van der Waals surface area contributed by atoms with Crippen molar-refractivity contribution in [1.82, 2.24) is 9.97 Å². The highest BCUT2D eigenvalue weighted by atomic mass is 16.4. The van der Waals surface area contributed by atoms with Gasteiger partial charge in [0.05, 0.1) is 6.42 Å². The lowest BCUT2D eigenvalue weighted by molar-refractivity contribution is -0.137. The number of carbonyl (C=O) groups is 1. The van der Waals surface area contributed by atoms with Gasteiger partial charge in [0.2, 0.25) is 0 Å². The Hall–Kier alpha value is -2.23. The summed E-state index contributed by atoms with van der Waals surface area (Å²) in [7, 11) is 0. The molecular formula is C18H22N2O2. The number of benzene rings is 1. The van der Waals surface area contributed by atoms with Gasteiger partial charge in [-0.25, -0.2) is 9.97 Å². The lowest BCUT2D eigenvalue weighted by Gasteiger charge is -2.09. The highest BCUT2D eigenvalue weighted by Crippen LogP contribution is 2.22. The van der Waals surface area contributed by atoms with Gasteiger partial charge in [-0.2, -0.15) is 0 Å². The van der Waals surface area contributed by atoms with E-state index in [9.17, 15) is 4.79 Å². The van der Waals surface area contributed by atoms with Crippen molar-refractivity contribution >= 4 is 5.97 Å². The molecule has 4 nitrogen and oxygen atoms in total. The van der Waals surface area contributed by atoms with Crippen LogP contribution in [0.5, 0.6) is 0 Å². The molecule has 22 heavy (non-hydrogen) atoms. The molecule has 2 rings (SSSR count). The fourth-order valence-electron chi connectivity index (χ4n) is 2.35. The Morgan fingerprint density at radius 1 is 1.18 bits per heavy atom. The molecule has 0 radical (unpaired) electrons. The Bertz CT molecular complexity index is 606. The van der Waals surface area contributed by atoms with Crippen molar-refractivity contribution in [3.05, 3.63) is 47.8 Å². The minimum absolute atomic E-state index is 0.00360. The summed E-state index contributed by atoms with van der Waals surface area (Å²) >= 11 is 0. The third-order valence-corrected chi connectivity index (χ3v) is 3.74. The average Bonchev–Trinajstić information content (AvgIpc) is 2.53. The van der Waals surface area contributed by atoms with Gasteiger partial charge >= 0.3 is 5.97 Å². The van der Waals surface area contributed by atoms with Crippen LogP contribution in [0, 0.1) is 0 Å². The number of aliphatic carboxylic acids is 1. The Balaban J connectivity index is 2.08. The zero-order valence-electron chi connectivity index (χ0n) is 13.1. The number of rotatable bonds is 7. The van der Waals surface area contributed by atoms with Crippen LogP contribution in [-0.2, 0) is 11.2 Å². The molecule has 1 heterocycles. The molecule has 116 valence electrons.